The molecular formula is C12H14F3NO. The molecule has 0 fully saturated rings. The van der Waals surface area contributed by atoms with Gasteiger partial charge in [-0.25, -0.2) is 13.2 Å². The topological polar surface area (TPSA) is 20.3 Å². The van der Waals surface area contributed by atoms with E-state index in [1.54, 1.807) is 6.92 Å². The Morgan fingerprint density at radius 1 is 1.29 bits per heavy atom. The van der Waals surface area contributed by atoms with Crippen LogP contribution in [0.5, 0.6) is 0 Å². The summed E-state index contributed by atoms with van der Waals surface area (Å²) in [4.78, 5) is 13.1. The molecule has 1 rings (SSSR count). The van der Waals surface area contributed by atoms with Gasteiger partial charge in [0.2, 0.25) is 0 Å². The summed E-state index contributed by atoms with van der Waals surface area (Å²) < 4.78 is 37.0. The first kappa shape index (κ1) is 13.7. The summed E-state index contributed by atoms with van der Waals surface area (Å²) in [7, 11) is 1.46. The summed E-state index contributed by atoms with van der Waals surface area (Å²) >= 11 is 0. The number of nitrogens with zero attached hydrogens (tertiary/aromatic N) is 1. The van der Waals surface area contributed by atoms with Gasteiger partial charge in [-0.2, -0.15) is 0 Å². The molecule has 94 valence electrons. The van der Waals surface area contributed by atoms with E-state index in [4.69, 9.17) is 0 Å². The molecule has 0 saturated heterocycles. The molecule has 0 aliphatic heterocycles. The molecule has 0 N–H and O–H groups in total. The number of ketones is 1. The Bertz CT molecular complexity index is 378. The average Bonchev–Trinajstić information content (AvgIpc) is 2.27. The monoisotopic (exact) mass is 245 g/mol. The fraction of sp³-hybridized carbons (Fsp3) is 0.417. The summed E-state index contributed by atoms with van der Waals surface area (Å²) in [6.07, 6.45) is -2.48. The van der Waals surface area contributed by atoms with Crippen molar-refractivity contribution < 1.29 is 18.0 Å². The van der Waals surface area contributed by atoms with E-state index in [0.29, 0.717) is 5.56 Å². The summed E-state index contributed by atoms with van der Waals surface area (Å²) in [6, 6.07) is 4.39. The lowest BCUT2D eigenvalue weighted by Gasteiger charge is -2.23. The first-order valence-corrected chi connectivity index (χ1v) is 5.20. The Morgan fingerprint density at radius 3 is 2.29 bits per heavy atom. The third kappa shape index (κ3) is 3.85. The van der Waals surface area contributed by atoms with E-state index in [1.165, 1.54) is 36.2 Å². The van der Waals surface area contributed by atoms with E-state index in [1.807, 2.05) is 0 Å². The highest BCUT2D eigenvalue weighted by atomic mass is 19.3. The molecule has 2 nitrogen and oxygen atoms in total. The number of alkyl halides is 2. The number of rotatable bonds is 5. The van der Waals surface area contributed by atoms with Crippen LogP contribution >= 0.6 is 0 Å². The van der Waals surface area contributed by atoms with Gasteiger partial charge >= 0.3 is 0 Å². The van der Waals surface area contributed by atoms with Gasteiger partial charge in [-0.3, -0.25) is 9.69 Å². The van der Waals surface area contributed by atoms with Gasteiger partial charge in [0.05, 0.1) is 12.6 Å². The third-order valence-electron chi connectivity index (χ3n) is 2.60. The van der Waals surface area contributed by atoms with Crippen LogP contribution in [0.15, 0.2) is 24.3 Å². The molecule has 0 aliphatic carbocycles. The van der Waals surface area contributed by atoms with Crippen molar-refractivity contribution in [3.63, 3.8) is 0 Å². The van der Waals surface area contributed by atoms with Crippen LogP contribution in [0.25, 0.3) is 0 Å². The third-order valence-corrected chi connectivity index (χ3v) is 2.60. The van der Waals surface area contributed by atoms with Crippen molar-refractivity contribution in [2.45, 2.75) is 19.4 Å². The summed E-state index contributed by atoms with van der Waals surface area (Å²) in [5.74, 6) is -0.733. The first-order chi connectivity index (χ1) is 7.91. The quantitative estimate of drug-likeness (QED) is 0.743. The fourth-order valence-corrected chi connectivity index (χ4v) is 1.43. The van der Waals surface area contributed by atoms with Crippen LogP contribution in [0.3, 0.4) is 0 Å². The second kappa shape index (κ2) is 5.82. The van der Waals surface area contributed by atoms with Crippen LogP contribution < -0.4 is 0 Å². The van der Waals surface area contributed by atoms with Gasteiger partial charge in [-0.05, 0) is 38.2 Å². The number of hydrogen-bond acceptors (Lipinski definition) is 2. The fourth-order valence-electron chi connectivity index (χ4n) is 1.43. The van der Waals surface area contributed by atoms with E-state index in [-0.39, 0.29) is 5.78 Å². The highest BCUT2D eigenvalue weighted by Crippen LogP contribution is 2.10. The predicted octanol–water partition coefficient (Wildman–Crippen LogP) is 2.59. The number of halogens is 3. The molecule has 0 aromatic heterocycles. The van der Waals surface area contributed by atoms with E-state index in [2.05, 4.69) is 0 Å². The molecule has 0 spiro atoms. The van der Waals surface area contributed by atoms with E-state index < -0.39 is 24.8 Å². The normalized spacial score (nSPS) is 13.1. The molecule has 1 aromatic carbocycles. The Balaban J connectivity index is 2.72. The zero-order valence-corrected chi connectivity index (χ0v) is 9.66. The molecule has 1 unspecified atom stereocenters. The number of likely N-dealkylation sites (N-methyl/N-ethyl adjacent to an activating group) is 1. The highest BCUT2D eigenvalue weighted by Gasteiger charge is 2.21. The minimum Gasteiger partial charge on any atom is -0.292 e. The molecule has 0 radical (unpaired) electrons. The van der Waals surface area contributed by atoms with Gasteiger partial charge in [0.15, 0.2) is 5.78 Å². The molecule has 0 bridgehead atoms. The molecule has 0 aliphatic rings. The van der Waals surface area contributed by atoms with Crippen molar-refractivity contribution >= 4 is 5.78 Å². The van der Waals surface area contributed by atoms with Crippen LogP contribution in [0.2, 0.25) is 0 Å². The molecule has 0 amide bonds. The van der Waals surface area contributed by atoms with Gasteiger partial charge in [-0.15, -0.1) is 0 Å². The minimum atomic E-state index is -2.48. The summed E-state index contributed by atoms with van der Waals surface area (Å²) in [6.45, 7) is 1.09. The van der Waals surface area contributed by atoms with Crippen molar-refractivity contribution in [3.8, 4) is 0 Å². The van der Waals surface area contributed by atoms with E-state index >= 15 is 0 Å². The Labute approximate surface area is 98.0 Å². The maximum atomic E-state index is 12.7. The molecule has 1 aromatic rings. The second-order valence-corrected chi connectivity index (χ2v) is 3.88. The van der Waals surface area contributed by atoms with Crippen molar-refractivity contribution in [2.75, 3.05) is 13.6 Å². The predicted molar refractivity (Wildman–Crippen MR) is 58.8 cm³/mol. The molecule has 0 saturated carbocycles. The van der Waals surface area contributed by atoms with E-state index in [0.717, 1.165) is 0 Å². The van der Waals surface area contributed by atoms with Gasteiger partial charge < -0.3 is 0 Å². The lowest BCUT2D eigenvalue weighted by molar-refractivity contribution is 0.0679. The first-order valence-electron chi connectivity index (χ1n) is 5.20. The number of carbonyl (C=O) groups excluding carboxylic acids is 1. The lowest BCUT2D eigenvalue weighted by atomic mass is 10.0. The largest absolute Gasteiger partial charge is 0.292 e. The van der Waals surface area contributed by atoms with Crippen LogP contribution in [-0.2, 0) is 0 Å². The van der Waals surface area contributed by atoms with Crippen LogP contribution in [0.1, 0.15) is 17.3 Å². The Hall–Kier alpha value is -1.36. The van der Waals surface area contributed by atoms with E-state index in [9.17, 15) is 18.0 Å². The summed E-state index contributed by atoms with van der Waals surface area (Å²) in [5, 5.41) is 0. The zero-order chi connectivity index (χ0) is 13.0. The average molecular weight is 245 g/mol. The minimum absolute atomic E-state index is 0.298. The standard InChI is InChI=1S/C12H14F3NO/c1-8(16(2)7-11(14)15)12(17)9-3-5-10(13)6-4-9/h3-6,8,11H,7H2,1-2H3. The van der Waals surface area contributed by atoms with Gasteiger partial charge in [-0.1, -0.05) is 0 Å². The van der Waals surface area contributed by atoms with Crippen molar-refractivity contribution in [2.24, 2.45) is 0 Å². The molecule has 1 atom stereocenters. The number of Topliss-reactive ketones (excluding diaryl/α,β-unsaturated/α-hetero) is 1. The SMILES string of the molecule is CC(C(=O)c1ccc(F)cc1)N(C)CC(F)F. The summed E-state index contributed by atoms with van der Waals surface area (Å²) in [5.41, 5.74) is 0.319. The molecular weight excluding hydrogens is 231 g/mol. The highest BCUT2D eigenvalue weighted by molar-refractivity contribution is 5.99. The van der Waals surface area contributed by atoms with Crippen molar-refractivity contribution in [1.29, 1.82) is 0 Å². The van der Waals surface area contributed by atoms with Crippen LogP contribution in [0.4, 0.5) is 13.2 Å². The van der Waals surface area contributed by atoms with Crippen LogP contribution in [-0.4, -0.2) is 36.7 Å². The lowest BCUT2D eigenvalue weighted by Crippen LogP contribution is -2.38. The molecule has 5 heteroatoms. The van der Waals surface area contributed by atoms with Crippen LogP contribution in [0, 0.1) is 5.82 Å². The number of benzene rings is 1. The number of hydrogen-bond donors (Lipinski definition) is 0. The van der Waals surface area contributed by atoms with Gasteiger partial charge in [0.25, 0.3) is 6.43 Å². The second-order valence-electron chi connectivity index (χ2n) is 3.88. The van der Waals surface area contributed by atoms with Gasteiger partial charge in [0.1, 0.15) is 5.82 Å². The molecule has 0 heterocycles. The number of carbonyl (C=O) groups is 1. The smallest absolute Gasteiger partial charge is 0.251 e. The van der Waals surface area contributed by atoms with Crippen molar-refractivity contribution in [1.82, 2.24) is 4.90 Å². The molecule has 17 heavy (non-hydrogen) atoms. The Kier molecular flexibility index (Phi) is 4.69. The maximum Gasteiger partial charge on any atom is 0.251 e. The zero-order valence-electron chi connectivity index (χ0n) is 9.66. The Morgan fingerprint density at radius 2 is 1.82 bits per heavy atom. The van der Waals surface area contributed by atoms with Crippen molar-refractivity contribution in [3.05, 3.63) is 35.6 Å². The maximum absolute atomic E-state index is 12.7. The van der Waals surface area contributed by atoms with Gasteiger partial charge in [0, 0.05) is 5.56 Å².